The fourth-order valence-corrected chi connectivity index (χ4v) is 3.72. The zero-order valence-electron chi connectivity index (χ0n) is 10.7. The van der Waals surface area contributed by atoms with E-state index >= 15 is 0 Å². The van der Waals surface area contributed by atoms with Gasteiger partial charge in [0.1, 0.15) is 0 Å². The SMILES string of the molecule is CCCn1nccc1S(=O)(=O)N1CCCNCC1. The standard InChI is InChI=1S/C11H20N4O2S/c1-2-8-15-11(4-6-13-15)18(16,17)14-9-3-5-12-7-10-14/h4,6,12H,2-3,5,7-10H2,1H3. The highest BCUT2D eigenvalue weighted by Gasteiger charge is 2.27. The van der Waals surface area contributed by atoms with Gasteiger partial charge in [-0.2, -0.15) is 9.40 Å². The molecule has 1 aliphatic heterocycles. The van der Waals surface area contributed by atoms with E-state index in [2.05, 4.69) is 10.4 Å². The van der Waals surface area contributed by atoms with E-state index < -0.39 is 10.0 Å². The Morgan fingerprint density at radius 3 is 3.00 bits per heavy atom. The number of sulfonamides is 1. The Labute approximate surface area is 108 Å². The Morgan fingerprint density at radius 2 is 2.22 bits per heavy atom. The molecule has 2 rings (SSSR count). The van der Waals surface area contributed by atoms with Crippen LogP contribution in [0.4, 0.5) is 0 Å². The van der Waals surface area contributed by atoms with Crippen molar-refractivity contribution in [1.82, 2.24) is 19.4 Å². The quantitative estimate of drug-likeness (QED) is 0.855. The van der Waals surface area contributed by atoms with Crippen molar-refractivity contribution in [2.75, 3.05) is 26.2 Å². The predicted molar refractivity (Wildman–Crippen MR) is 68.8 cm³/mol. The Bertz CT molecular complexity index is 475. The summed E-state index contributed by atoms with van der Waals surface area (Å²) < 4.78 is 28.2. The molecule has 2 heterocycles. The fraction of sp³-hybridized carbons (Fsp3) is 0.727. The number of aryl methyl sites for hydroxylation is 1. The smallest absolute Gasteiger partial charge is 0.260 e. The van der Waals surface area contributed by atoms with E-state index in [1.54, 1.807) is 21.3 Å². The molecular formula is C11H20N4O2S. The monoisotopic (exact) mass is 272 g/mol. The first-order chi connectivity index (χ1) is 8.66. The zero-order valence-corrected chi connectivity index (χ0v) is 11.5. The molecule has 1 aliphatic rings. The minimum atomic E-state index is -3.40. The summed E-state index contributed by atoms with van der Waals surface area (Å²) in [6, 6.07) is 1.59. The third-order valence-electron chi connectivity index (χ3n) is 3.02. The molecule has 0 amide bonds. The van der Waals surface area contributed by atoms with Gasteiger partial charge in [0.15, 0.2) is 5.03 Å². The summed E-state index contributed by atoms with van der Waals surface area (Å²) in [6.07, 6.45) is 3.27. The van der Waals surface area contributed by atoms with E-state index in [4.69, 9.17) is 0 Å². The molecule has 0 unspecified atom stereocenters. The minimum absolute atomic E-state index is 0.311. The van der Waals surface area contributed by atoms with Crippen LogP contribution in [0, 0.1) is 0 Å². The average molecular weight is 272 g/mol. The lowest BCUT2D eigenvalue weighted by atomic mass is 10.4. The van der Waals surface area contributed by atoms with Crippen molar-refractivity contribution in [3.8, 4) is 0 Å². The zero-order chi connectivity index (χ0) is 13.0. The van der Waals surface area contributed by atoms with Crippen LogP contribution in [0.25, 0.3) is 0 Å². The normalized spacial score (nSPS) is 18.7. The summed E-state index contributed by atoms with van der Waals surface area (Å²) in [5, 5.41) is 7.60. The summed E-state index contributed by atoms with van der Waals surface area (Å²) >= 11 is 0. The second-order valence-corrected chi connectivity index (χ2v) is 6.29. The second-order valence-electron chi connectivity index (χ2n) is 4.40. The molecule has 1 fully saturated rings. The number of rotatable bonds is 4. The Morgan fingerprint density at radius 1 is 1.39 bits per heavy atom. The molecule has 0 spiro atoms. The van der Waals surface area contributed by atoms with Gasteiger partial charge in [0.25, 0.3) is 10.0 Å². The van der Waals surface area contributed by atoms with Crippen LogP contribution in [0.3, 0.4) is 0 Å². The molecule has 0 atom stereocenters. The first kappa shape index (κ1) is 13.5. The summed E-state index contributed by atoms with van der Waals surface area (Å²) in [4.78, 5) is 0. The van der Waals surface area contributed by atoms with Gasteiger partial charge in [0.05, 0.1) is 6.20 Å². The van der Waals surface area contributed by atoms with Crippen molar-refractivity contribution in [1.29, 1.82) is 0 Å². The van der Waals surface area contributed by atoms with Gasteiger partial charge < -0.3 is 5.32 Å². The van der Waals surface area contributed by atoms with Gasteiger partial charge in [0, 0.05) is 26.2 Å². The lowest BCUT2D eigenvalue weighted by Crippen LogP contribution is -2.35. The summed E-state index contributed by atoms with van der Waals surface area (Å²) in [7, 11) is -3.40. The van der Waals surface area contributed by atoms with Crippen molar-refractivity contribution < 1.29 is 8.42 Å². The maximum absolute atomic E-state index is 12.5. The Balaban J connectivity index is 2.25. The summed E-state index contributed by atoms with van der Waals surface area (Å²) in [5.74, 6) is 0. The molecule has 1 N–H and O–H groups in total. The third-order valence-corrected chi connectivity index (χ3v) is 4.94. The van der Waals surface area contributed by atoms with Crippen LogP contribution >= 0.6 is 0 Å². The molecule has 0 aliphatic carbocycles. The van der Waals surface area contributed by atoms with Crippen LogP contribution in [0.2, 0.25) is 0 Å². The van der Waals surface area contributed by atoms with Crippen molar-refractivity contribution in [3.63, 3.8) is 0 Å². The second kappa shape index (κ2) is 5.81. The van der Waals surface area contributed by atoms with Crippen LogP contribution in [0.1, 0.15) is 19.8 Å². The minimum Gasteiger partial charge on any atom is -0.315 e. The van der Waals surface area contributed by atoms with E-state index in [0.29, 0.717) is 31.2 Å². The van der Waals surface area contributed by atoms with Gasteiger partial charge in [-0.25, -0.2) is 8.42 Å². The lowest BCUT2D eigenvalue weighted by Gasteiger charge is -2.19. The first-order valence-electron chi connectivity index (χ1n) is 6.39. The van der Waals surface area contributed by atoms with Crippen molar-refractivity contribution in [2.45, 2.75) is 31.3 Å². The van der Waals surface area contributed by atoms with E-state index in [9.17, 15) is 8.42 Å². The van der Waals surface area contributed by atoms with Gasteiger partial charge in [0.2, 0.25) is 0 Å². The molecule has 0 aromatic carbocycles. The molecule has 1 saturated heterocycles. The van der Waals surface area contributed by atoms with E-state index in [1.807, 2.05) is 6.92 Å². The number of hydrogen-bond donors (Lipinski definition) is 1. The maximum atomic E-state index is 12.5. The van der Waals surface area contributed by atoms with Crippen LogP contribution in [-0.4, -0.2) is 48.7 Å². The van der Waals surface area contributed by atoms with E-state index in [0.717, 1.165) is 19.4 Å². The molecule has 102 valence electrons. The molecule has 0 radical (unpaired) electrons. The van der Waals surface area contributed by atoms with Gasteiger partial charge in [-0.15, -0.1) is 0 Å². The number of aromatic nitrogens is 2. The van der Waals surface area contributed by atoms with Crippen LogP contribution < -0.4 is 5.32 Å². The molecule has 0 bridgehead atoms. The van der Waals surface area contributed by atoms with Gasteiger partial charge in [-0.05, 0) is 25.5 Å². The summed E-state index contributed by atoms with van der Waals surface area (Å²) in [5.41, 5.74) is 0. The topological polar surface area (TPSA) is 67.2 Å². The van der Waals surface area contributed by atoms with Crippen LogP contribution in [0.5, 0.6) is 0 Å². The molecular weight excluding hydrogens is 252 g/mol. The van der Waals surface area contributed by atoms with Gasteiger partial charge in [-0.3, -0.25) is 4.68 Å². The Hall–Kier alpha value is -0.920. The third kappa shape index (κ3) is 2.73. The van der Waals surface area contributed by atoms with Crippen molar-refractivity contribution in [2.24, 2.45) is 0 Å². The van der Waals surface area contributed by atoms with Crippen LogP contribution in [-0.2, 0) is 16.6 Å². The largest absolute Gasteiger partial charge is 0.315 e. The molecule has 1 aromatic rings. The molecule has 6 nitrogen and oxygen atoms in total. The summed E-state index contributed by atoms with van der Waals surface area (Å²) in [6.45, 7) is 5.33. The van der Waals surface area contributed by atoms with Crippen molar-refractivity contribution in [3.05, 3.63) is 12.3 Å². The molecule has 18 heavy (non-hydrogen) atoms. The van der Waals surface area contributed by atoms with E-state index in [-0.39, 0.29) is 0 Å². The van der Waals surface area contributed by atoms with E-state index in [1.165, 1.54) is 0 Å². The maximum Gasteiger partial charge on any atom is 0.260 e. The van der Waals surface area contributed by atoms with Gasteiger partial charge in [-0.1, -0.05) is 6.92 Å². The number of hydrogen-bond acceptors (Lipinski definition) is 4. The van der Waals surface area contributed by atoms with Crippen molar-refractivity contribution >= 4 is 10.0 Å². The highest BCUT2D eigenvalue weighted by atomic mass is 32.2. The first-order valence-corrected chi connectivity index (χ1v) is 7.83. The van der Waals surface area contributed by atoms with Gasteiger partial charge >= 0.3 is 0 Å². The number of nitrogens with one attached hydrogen (secondary N) is 1. The molecule has 7 heteroatoms. The fourth-order valence-electron chi connectivity index (χ4n) is 2.11. The molecule has 0 saturated carbocycles. The molecule has 1 aromatic heterocycles. The average Bonchev–Trinajstić information content (AvgIpc) is 2.64. The predicted octanol–water partition coefficient (Wildman–Crippen LogP) is 0.277. The Kier molecular flexibility index (Phi) is 4.36. The van der Waals surface area contributed by atoms with Crippen LogP contribution in [0.15, 0.2) is 17.3 Å². The highest BCUT2D eigenvalue weighted by Crippen LogP contribution is 2.16. The highest BCUT2D eigenvalue weighted by molar-refractivity contribution is 7.89. The number of nitrogens with zero attached hydrogens (tertiary/aromatic N) is 3. The lowest BCUT2D eigenvalue weighted by molar-refractivity contribution is 0.420.